The number of azide groups is 1. The zero-order chi connectivity index (χ0) is 10.6. The lowest BCUT2D eigenvalue weighted by Crippen LogP contribution is -2.18. The number of nitrogens with zero attached hydrogens (tertiary/aromatic N) is 4. The zero-order valence-electron chi connectivity index (χ0n) is 6.86. The van der Waals surface area contributed by atoms with Crippen LogP contribution in [-0.2, 0) is 5.92 Å². The number of hydrogen-bond donors (Lipinski definition) is 0. The van der Waals surface area contributed by atoms with E-state index in [1.165, 1.54) is 6.07 Å². The first-order valence-electron chi connectivity index (χ1n) is 3.57. The summed E-state index contributed by atoms with van der Waals surface area (Å²) in [5.41, 5.74) is 7.44. The predicted molar refractivity (Wildman–Crippen MR) is 47.2 cm³/mol. The second-order valence-electron chi connectivity index (χ2n) is 2.46. The Morgan fingerprint density at radius 2 is 2.29 bits per heavy atom. The van der Waals surface area contributed by atoms with Crippen molar-refractivity contribution in [2.75, 3.05) is 6.54 Å². The van der Waals surface area contributed by atoms with Gasteiger partial charge in [-0.05, 0) is 17.7 Å². The monoisotopic (exact) mass is 218 g/mol. The molecule has 0 N–H and O–H groups in total. The van der Waals surface area contributed by atoms with Crippen molar-refractivity contribution in [2.24, 2.45) is 5.11 Å². The van der Waals surface area contributed by atoms with E-state index < -0.39 is 18.2 Å². The Bertz CT molecular complexity index is 358. The third kappa shape index (κ3) is 2.55. The molecule has 1 aromatic heterocycles. The van der Waals surface area contributed by atoms with Crippen molar-refractivity contribution in [1.82, 2.24) is 4.98 Å². The standard InChI is InChI=1S/C7H5ClF2N4/c8-5-1-2-6(12-3-5)7(9,10)4-13-14-11/h1-3H,4H2. The third-order valence-electron chi connectivity index (χ3n) is 1.43. The molecule has 7 heteroatoms. The van der Waals surface area contributed by atoms with Gasteiger partial charge in [0.2, 0.25) is 0 Å². The van der Waals surface area contributed by atoms with Crippen LogP contribution in [-0.4, -0.2) is 11.5 Å². The van der Waals surface area contributed by atoms with Gasteiger partial charge in [-0.25, -0.2) is 0 Å². The molecule has 0 unspecified atom stereocenters. The molecule has 0 atom stereocenters. The third-order valence-corrected chi connectivity index (χ3v) is 1.66. The molecule has 14 heavy (non-hydrogen) atoms. The Hall–Kier alpha value is -1.39. The molecular weight excluding hydrogens is 214 g/mol. The fourth-order valence-corrected chi connectivity index (χ4v) is 0.905. The Labute approximate surface area is 83.1 Å². The number of rotatable bonds is 3. The number of pyridine rings is 1. The summed E-state index contributed by atoms with van der Waals surface area (Å²) in [5.74, 6) is -3.25. The lowest BCUT2D eigenvalue weighted by Gasteiger charge is -2.11. The Morgan fingerprint density at radius 1 is 1.57 bits per heavy atom. The molecule has 0 saturated heterocycles. The van der Waals surface area contributed by atoms with Crippen LogP contribution < -0.4 is 0 Å². The van der Waals surface area contributed by atoms with Crippen LogP contribution in [0, 0.1) is 0 Å². The molecule has 0 radical (unpaired) electrons. The van der Waals surface area contributed by atoms with E-state index in [1.807, 2.05) is 0 Å². The van der Waals surface area contributed by atoms with E-state index in [0.29, 0.717) is 0 Å². The molecule has 0 aliphatic carbocycles. The minimum absolute atomic E-state index is 0.272. The smallest absolute Gasteiger partial charge is 0.253 e. The molecule has 1 aromatic rings. The maximum Gasteiger partial charge on any atom is 0.295 e. The average Bonchev–Trinajstić information content (AvgIpc) is 2.16. The van der Waals surface area contributed by atoms with Crippen molar-refractivity contribution in [1.29, 1.82) is 0 Å². The van der Waals surface area contributed by atoms with E-state index >= 15 is 0 Å². The van der Waals surface area contributed by atoms with Crippen molar-refractivity contribution in [3.05, 3.63) is 39.5 Å². The molecule has 0 spiro atoms. The van der Waals surface area contributed by atoms with Gasteiger partial charge in [0.1, 0.15) is 5.69 Å². The maximum absolute atomic E-state index is 13.1. The molecule has 1 rings (SSSR count). The van der Waals surface area contributed by atoms with Crippen molar-refractivity contribution in [3.63, 3.8) is 0 Å². The summed E-state index contributed by atoms with van der Waals surface area (Å²) in [6.45, 7) is -0.946. The molecule has 0 aromatic carbocycles. The quantitative estimate of drug-likeness (QED) is 0.437. The topological polar surface area (TPSA) is 61.7 Å². The Morgan fingerprint density at radius 3 is 2.79 bits per heavy atom. The highest BCUT2D eigenvalue weighted by Gasteiger charge is 2.32. The average molecular weight is 219 g/mol. The summed E-state index contributed by atoms with van der Waals surface area (Å²) < 4.78 is 26.2. The minimum atomic E-state index is -3.25. The SMILES string of the molecule is [N-]=[N+]=NCC(F)(F)c1ccc(Cl)cn1. The Balaban J connectivity index is 2.91. The van der Waals surface area contributed by atoms with E-state index in [0.717, 1.165) is 12.3 Å². The van der Waals surface area contributed by atoms with Gasteiger partial charge in [-0.3, -0.25) is 4.98 Å². The highest BCUT2D eigenvalue weighted by atomic mass is 35.5. The van der Waals surface area contributed by atoms with Gasteiger partial charge in [-0.1, -0.05) is 16.7 Å². The van der Waals surface area contributed by atoms with Crippen molar-refractivity contribution in [2.45, 2.75) is 5.92 Å². The van der Waals surface area contributed by atoms with Gasteiger partial charge in [-0.15, -0.1) is 0 Å². The second-order valence-corrected chi connectivity index (χ2v) is 2.89. The van der Waals surface area contributed by atoms with Gasteiger partial charge in [-0.2, -0.15) is 8.78 Å². The van der Waals surface area contributed by atoms with Crippen molar-refractivity contribution in [3.8, 4) is 0 Å². The van der Waals surface area contributed by atoms with Gasteiger partial charge >= 0.3 is 0 Å². The van der Waals surface area contributed by atoms with Crippen LogP contribution in [0.3, 0.4) is 0 Å². The van der Waals surface area contributed by atoms with Gasteiger partial charge in [0, 0.05) is 11.1 Å². The fraction of sp³-hybridized carbons (Fsp3) is 0.286. The molecule has 0 saturated carbocycles. The van der Waals surface area contributed by atoms with Crippen LogP contribution in [0.15, 0.2) is 23.4 Å². The fourth-order valence-electron chi connectivity index (χ4n) is 0.794. The summed E-state index contributed by atoms with van der Waals surface area (Å²) in [5, 5.41) is 3.07. The van der Waals surface area contributed by atoms with E-state index in [1.54, 1.807) is 0 Å². The molecule has 0 aliphatic rings. The van der Waals surface area contributed by atoms with Crippen LogP contribution in [0.2, 0.25) is 5.02 Å². The maximum atomic E-state index is 13.1. The highest BCUT2D eigenvalue weighted by molar-refractivity contribution is 6.30. The molecule has 0 fully saturated rings. The highest BCUT2D eigenvalue weighted by Crippen LogP contribution is 2.27. The molecule has 4 nitrogen and oxygen atoms in total. The van der Waals surface area contributed by atoms with E-state index in [2.05, 4.69) is 15.0 Å². The summed E-state index contributed by atoms with van der Waals surface area (Å²) in [6, 6.07) is 2.39. The predicted octanol–water partition coefficient (Wildman–Crippen LogP) is 3.14. The summed E-state index contributed by atoms with van der Waals surface area (Å²) in [7, 11) is 0. The molecule has 0 bridgehead atoms. The molecule has 0 amide bonds. The number of aromatic nitrogens is 1. The molecule has 74 valence electrons. The Kier molecular flexibility index (Phi) is 3.22. The van der Waals surface area contributed by atoms with Crippen molar-refractivity contribution < 1.29 is 8.78 Å². The number of halogens is 3. The minimum Gasteiger partial charge on any atom is -0.253 e. The summed E-state index contributed by atoms with van der Waals surface area (Å²) >= 11 is 5.48. The van der Waals surface area contributed by atoms with Gasteiger partial charge in [0.15, 0.2) is 0 Å². The number of alkyl halides is 2. The lowest BCUT2D eigenvalue weighted by molar-refractivity contribution is 0.00155. The summed E-state index contributed by atoms with van der Waals surface area (Å²) in [6.07, 6.45) is 1.11. The summed E-state index contributed by atoms with van der Waals surface area (Å²) in [4.78, 5) is 5.69. The van der Waals surface area contributed by atoms with Crippen LogP contribution in [0.25, 0.3) is 10.4 Å². The van der Waals surface area contributed by atoms with Gasteiger partial charge in [0.25, 0.3) is 5.92 Å². The van der Waals surface area contributed by atoms with Crippen LogP contribution in [0.4, 0.5) is 8.78 Å². The molecular formula is C7H5ClF2N4. The van der Waals surface area contributed by atoms with E-state index in [-0.39, 0.29) is 5.02 Å². The van der Waals surface area contributed by atoms with Crippen LogP contribution >= 0.6 is 11.6 Å². The van der Waals surface area contributed by atoms with Gasteiger partial charge in [0.05, 0.1) is 11.6 Å². The van der Waals surface area contributed by atoms with E-state index in [4.69, 9.17) is 17.1 Å². The normalized spacial score (nSPS) is 10.8. The van der Waals surface area contributed by atoms with Gasteiger partial charge < -0.3 is 0 Å². The van der Waals surface area contributed by atoms with Crippen molar-refractivity contribution >= 4 is 11.6 Å². The lowest BCUT2D eigenvalue weighted by atomic mass is 10.2. The van der Waals surface area contributed by atoms with Crippen LogP contribution in [0.5, 0.6) is 0 Å². The number of hydrogen-bond acceptors (Lipinski definition) is 2. The molecule has 0 aliphatic heterocycles. The van der Waals surface area contributed by atoms with Crippen LogP contribution in [0.1, 0.15) is 5.69 Å². The first kappa shape index (κ1) is 10.7. The zero-order valence-corrected chi connectivity index (χ0v) is 7.62. The largest absolute Gasteiger partial charge is 0.295 e. The second kappa shape index (κ2) is 4.21. The first-order valence-corrected chi connectivity index (χ1v) is 3.95. The first-order chi connectivity index (χ1) is 6.56. The van der Waals surface area contributed by atoms with E-state index in [9.17, 15) is 8.78 Å². The molecule has 1 heterocycles.